The van der Waals surface area contributed by atoms with E-state index in [0.29, 0.717) is 30.9 Å². The number of imide groups is 1. The molecule has 1 saturated heterocycles. The van der Waals surface area contributed by atoms with Crippen LogP contribution in [0.1, 0.15) is 51.0 Å². The van der Waals surface area contributed by atoms with Crippen LogP contribution in [0.25, 0.3) is 0 Å². The largest absolute Gasteiger partial charge is 0.489 e. The zero-order chi connectivity index (χ0) is 25.4. The quantitative estimate of drug-likeness (QED) is 0.529. The maximum atomic E-state index is 13.0. The van der Waals surface area contributed by atoms with Crippen LogP contribution < -0.4 is 10.1 Å². The number of hydrogen-bond acceptors (Lipinski definition) is 5. The van der Waals surface area contributed by atoms with Gasteiger partial charge in [-0.1, -0.05) is 54.6 Å². The topological polar surface area (TPSA) is 79.0 Å². The summed E-state index contributed by atoms with van der Waals surface area (Å²) in [5, 5.41) is 2.34. The van der Waals surface area contributed by atoms with Crippen LogP contribution in [0.15, 0.2) is 66.7 Å². The lowest BCUT2D eigenvalue weighted by atomic mass is 9.99. The van der Waals surface area contributed by atoms with E-state index < -0.39 is 11.9 Å². The molecule has 3 aliphatic rings. The van der Waals surface area contributed by atoms with Crippen LogP contribution in [0.5, 0.6) is 5.75 Å². The van der Waals surface area contributed by atoms with Gasteiger partial charge in [0, 0.05) is 37.2 Å². The van der Waals surface area contributed by atoms with Crippen molar-refractivity contribution < 1.29 is 19.1 Å². The molecule has 1 unspecified atom stereocenters. The maximum Gasteiger partial charge on any atom is 0.255 e. The molecule has 0 bridgehead atoms. The van der Waals surface area contributed by atoms with Gasteiger partial charge in [-0.2, -0.15) is 0 Å². The third-order valence-electron chi connectivity index (χ3n) is 7.57. The predicted octanol–water partition coefficient (Wildman–Crippen LogP) is 3.58. The molecule has 3 heterocycles. The average molecular weight is 496 g/mol. The number of nitrogens with one attached hydrogen (secondary N) is 1. The van der Waals surface area contributed by atoms with Crippen molar-refractivity contribution in [2.75, 3.05) is 6.54 Å². The van der Waals surface area contributed by atoms with Crippen LogP contribution in [0, 0.1) is 0 Å². The number of rotatable bonds is 6. The number of hydrogen-bond donors (Lipinski definition) is 1. The molecule has 1 N–H and O–H groups in total. The first-order chi connectivity index (χ1) is 18.0. The van der Waals surface area contributed by atoms with Crippen LogP contribution in [-0.2, 0) is 42.3 Å². The maximum absolute atomic E-state index is 13.0. The molecule has 37 heavy (non-hydrogen) atoms. The highest BCUT2D eigenvalue weighted by molar-refractivity contribution is 6.05. The van der Waals surface area contributed by atoms with E-state index in [1.165, 1.54) is 16.7 Å². The van der Waals surface area contributed by atoms with Crippen molar-refractivity contribution in [3.8, 4) is 5.75 Å². The van der Waals surface area contributed by atoms with E-state index in [-0.39, 0.29) is 18.2 Å². The summed E-state index contributed by atoms with van der Waals surface area (Å²) in [6, 6.07) is 22.0. The molecule has 7 nitrogen and oxygen atoms in total. The summed E-state index contributed by atoms with van der Waals surface area (Å²) in [5.41, 5.74) is 6.55. The summed E-state index contributed by atoms with van der Waals surface area (Å²) >= 11 is 0. The van der Waals surface area contributed by atoms with Gasteiger partial charge in [0.05, 0.1) is 6.54 Å². The number of carbonyl (C=O) groups is 3. The molecule has 0 aliphatic carbocycles. The van der Waals surface area contributed by atoms with E-state index in [1.807, 2.05) is 6.07 Å². The number of piperidine rings is 1. The molecule has 0 spiro atoms. The first-order valence-electron chi connectivity index (χ1n) is 12.8. The standard InChI is InChI=1S/C30H29N3O4/c34-28-13-12-26(29(35)31-28)33-18-25-24(30(33)36)6-3-7-27(25)37-19-21-10-8-20(9-11-21)16-32-15-14-22-4-1-2-5-23(22)17-32/h1-11,26H,12-19H2,(H,31,34,35). The molecule has 3 amide bonds. The van der Waals surface area contributed by atoms with Gasteiger partial charge in [0.2, 0.25) is 11.8 Å². The zero-order valence-electron chi connectivity index (χ0n) is 20.6. The molecule has 1 atom stereocenters. The molecule has 1 fully saturated rings. The SMILES string of the molecule is O=C1CCC(N2Cc3c(OCc4ccc(CN5CCc6ccccc6C5)cc4)cccc3C2=O)C(=O)N1. The molecule has 188 valence electrons. The second-order valence-electron chi connectivity index (χ2n) is 10.0. The number of amides is 3. The smallest absolute Gasteiger partial charge is 0.255 e. The normalized spacial score (nSPS) is 19.4. The lowest BCUT2D eigenvalue weighted by Gasteiger charge is -2.29. The molecule has 0 saturated carbocycles. The number of carbonyl (C=O) groups excluding carboxylic acids is 3. The van der Waals surface area contributed by atoms with Crippen LogP contribution in [0.3, 0.4) is 0 Å². The molecule has 6 rings (SSSR count). The Balaban J connectivity index is 1.08. The molecule has 3 aromatic carbocycles. The van der Waals surface area contributed by atoms with Gasteiger partial charge in [-0.15, -0.1) is 0 Å². The Kier molecular flexibility index (Phi) is 6.22. The van der Waals surface area contributed by atoms with Gasteiger partial charge in [0.15, 0.2) is 0 Å². The Morgan fingerprint density at radius 3 is 2.43 bits per heavy atom. The van der Waals surface area contributed by atoms with Crippen LogP contribution in [0.2, 0.25) is 0 Å². The summed E-state index contributed by atoms with van der Waals surface area (Å²) < 4.78 is 6.15. The lowest BCUT2D eigenvalue weighted by molar-refractivity contribution is -0.136. The summed E-state index contributed by atoms with van der Waals surface area (Å²) in [4.78, 5) is 40.9. The Bertz CT molecular complexity index is 1370. The number of fused-ring (bicyclic) bond motifs is 2. The molecule has 3 aliphatic heterocycles. The van der Waals surface area contributed by atoms with Gasteiger partial charge in [-0.25, -0.2) is 0 Å². The molecule has 3 aromatic rings. The van der Waals surface area contributed by atoms with E-state index in [2.05, 4.69) is 58.7 Å². The number of ether oxygens (including phenoxy) is 1. The van der Waals surface area contributed by atoms with Crippen molar-refractivity contribution in [1.82, 2.24) is 15.1 Å². The van der Waals surface area contributed by atoms with Crippen LogP contribution >= 0.6 is 0 Å². The van der Waals surface area contributed by atoms with E-state index >= 15 is 0 Å². The first kappa shape index (κ1) is 23.4. The van der Waals surface area contributed by atoms with Crippen molar-refractivity contribution in [2.45, 2.75) is 51.5 Å². The van der Waals surface area contributed by atoms with Gasteiger partial charge in [0.1, 0.15) is 18.4 Å². The van der Waals surface area contributed by atoms with E-state index in [1.54, 1.807) is 17.0 Å². The fraction of sp³-hybridized carbons (Fsp3) is 0.300. The van der Waals surface area contributed by atoms with Crippen LogP contribution in [0.4, 0.5) is 0 Å². The first-order valence-corrected chi connectivity index (χ1v) is 12.8. The monoisotopic (exact) mass is 495 g/mol. The number of nitrogens with zero attached hydrogens (tertiary/aromatic N) is 2. The van der Waals surface area contributed by atoms with Crippen LogP contribution in [-0.4, -0.2) is 40.1 Å². The zero-order valence-corrected chi connectivity index (χ0v) is 20.6. The highest BCUT2D eigenvalue weighted by atomic mass is 16.5. The van der Waals surface area contributed by atoms with Crippen molar-refractivity contribution in [2.24, 2.45) is 0 Å². The highest BCUT2D eigenvalue weighted by Crippen LogP contribution is 2.34. The molecule has 7 heteroatoms. The molecule has 0 radical (unpaired) electrons. The van der Waals surface area contributed by atoms with E-state index in [4.69, 9.17) is 4.74 Å². The van der Waals surface area contributed by atoms with Gasteiger partial charge in [-0.3, -0.25) is 24.6 Å². The van der Waals surface area contributed by atoms with Gasteiger partial charge in [-0.05, 0) is 47.2 Å². The third-order valence-corrected chi connectivity index (χ3v) is 7.57. The number of benzene rings is 3. The second kappa shape index (κ2) is 9.82. The third kappa shape index (κ3) is 4.74. The lowest BCUT2D eigenvalue weighted by Crippen LogP contribution is -2.52. The summed E-state index contributed by atoms with van der Waals surface area (Å²) in [6.45, 7) is 3.65. The van der Waals surface area contributed by atoms with E-state index in [0.717, 1.165) is 37.2 Å². The predicted molar refractivity (Wildman–Crippen MR) is 138 cm³/mol. The summed E-state index contributed by atoms with van der Waals surface area (Å²) in [5.74, 6) is -0.244. The fourth-order valence-corrected chi connectivity index (χ4v) is 5.54. The minimum Gasteiger partial charge on any atom is -0.489 e. The minimum atomic E-state index is -0.633. The van der Waals surface area contributed by atoms with Crippen molar-refractivity contribution >= 4 is 17.7 Å². The Morgan fingerprint density at radius 1 is 0.838 bits per heavy atom. The second-order valence-corrected chi connectivity index (χ2v) is 10.0. The van der Waals surface area contributed by atoms with Gasteiger partial charge < -0.3 is 9.64 Å². The minimum absolute atomic E-state index is 0.195. The molecular weight excluding hydrogens is 466 g/mol. The summed E-state index contributed by atoms with van der Waals surface area (Å²) in [6.07, 6.45) is 1.67. The molecular formula is C30H29N3O4. The molecule has 0 aromatic heterocycles. The van der Waals surface area contributed by atoms with Gasteiger partial charge in [0.25, 0.3) is 5.91 Å². The van der Waals surface area contributed by atoms with E-state index in [9.17, 15) is 14.4 Å². The fourth-order valence-electron chi connectivity index (χ4n) is 5.54. The Hall–Kier alpha value is -3.97. The van der Waals surface area contributed by atoms with Crippen molar-refractivity contribution in [1.29, 1.82) is 0 Å². The van der Waals surface area contributed by atoms with Crippen molar-refractivity contribution in [3.63, 3.8) is 0 Å². The van der Waals surface area contributed by atoms with Gasteiger partial charge >= 0.3 is 0 Å². The van der Waals surface area contributed by atoms with Crippen molar-refractivity contribution in [3.05, 3.63) is 100 Å². The Labute approximate surface area is 216 Å². The highest BCUT2D eigenvalue weighted by Gasteiger charge is 2.40. The Morgan fingerprint density at radius 2 is 1.62 bits per heavy atom. The average Bonchev–Trinajstić information content (AvgIpc) is 3.25. The summed E-state index contributed by atoms with van der Waals surface area (Å²) in [7, 11) is 0.